The lowest BCUT2D eigenvalue weighted by Gasteiger charge is -2.35. The molecule has 1 aliphatic heterocycles. The fourth-order valence-electron chi connectivity index (χ4n) is 3.18. The maximum absolute atomic E-state index is 13.6. The van der Waals surface area contributed by atoms with Crippen LogP contribution in [0.4, 0.5) is 10.1 Å². The van der Waals surface area contributed by atoms with Gasteiger partial charge in [-0.25, -0.2) is 4.39 Å². The van der Waals surface area contributed by atoms with Crippen LogP contribution in [-0.4, -0.2) is 50.6 Å². The van der Waals surface area contributed by atoms with Crippen molar-refractivity contribution in [3.05, 3.63) is 59.4 Å². The number of halogens is 1. The topological polar surface area (TPSA) is 44.8 Å². The van der Waals surface area contributed by atoms with Crippen molar-refractivity contribution in [1.82, 2.24) is 10.2 Å². The third-order valence-corrected chi connectivity index (χ3v) is 4.88. The van der Waals surface area contributed by atoms with Crippen LogP contribution in [0.2, 0.25) is 0 Å². The highest BCUT2D eigenvalue weighted by molar-refractivity contribution is 5.78. The van der Waals surface area contributed by atoms with Gasteiger partial charge in [0, 0.05) is 44.5 Å². The molecule has 27 heavy (non-hydrogen) atoms. The Labute approximate surface area is 159 Å². The summed E-state index contributed by atoms with van der Waals surface area (Å²) in [6, 6.07) is 13.1. The molecule has 0 saturated carbocycles. The third kappa shape index (κ3) is 5.20. The lowest BCUT2D eigenvalue weighted by atomic mass is 10.1. The Bertz CT molecular complexity index is 789. The number of ether oxygens (including phenoxy) is 1. The molecule has 1 fully saturated rings. The highest BCUT2D eigenvalue weighted by Crippen LogP contribution is 2.22. The summed E-state index contributed by atoms with van der Waals surface area (Å²) in [6.07, 6.45) is 0. The molecule has 0 spiro atoms. The summed E-state index contributed by atoms with van der Waals surface area (Å²) in [4.78, 5) is 16.6. The van der Waals surface area contributed by atoms with Gasteiger partial charge >= 0.3 is 0 Å². The third-order valence-electron chi connectivity index (χ3n) is 4.88. The Hall–Kier alpha value is -2.60. The van der Waals surface area contributed by atoms with Crippen LogP contribution in [0.15, 0.2) is 42.5 Å². The van der Waals surface area contributed by atoms with Crippen molar-refractivity contribution >= 4 is 11.6 Å². The van der Waals surface area contributed by atoms with Crippen molar-refractivity contribution in [2.75, 3.05) is 44.7 Å². The molecule has 0 aliphatic carbocycles. The van der Waals surface area contributed by atoms with Crippen molar-refractivity contribution < 1.29 is 13.9 Å². The largest absolute Gasteiger partial charge is 0.497 e. The normalized spacial score (nSPS) is 14.9. The van der Waals surface area contributed by atoms with Crippen LogP contribution in [0.3, 0.4) is 0 Å². The Morgan fingerprint density at radius 3 is 2.63 bits per heavy atom. The van der Waals surface area contributed by atoms with Gasteiger partial charge in [-0.3, -0.25) is 9.69 Å². The number of nitrogens with one attached hydrogen (secondary N) is 1. The van der Waals surface area contributed by atoms with Gasteiger partial charge in [-0.1, -0.05) is 18.2 Å². The predicted octanol–water partition coefficient (Wildman–Crippen LogP) is 2.58. The minimum Gasteiger partial charge on any atom is -0.497 e. The molecule has 2 aromatic rings. The van der Waals surface area contributed by atoms with E-state index in [1.807, 2.05) is 24.3 Å². The summed E-state index contributed by atoms with van der Waals surface area (Å²) in [5.41, 5.74) is 2.52. The zero-order chi connectivity index (χ0) is 19.2. The van der Waals surface area contributed by atoms with E-state index in [1.54, 1.807) is 20.1 Å². The smallest absolute Gasteiger partial charge is 0.234 e. The Kier molecular flexibility index (Phi) is 6.29. The van der Waals surface area contributed by atoms with E-state index in [0.29, 0.717) is 18.7 Å². The number of hydrogen-bond donors (Lipinski definition) is 1. The predicted molar refractivity (Wildman–Crippen MR) is 105 cm³/mol. The quantitative estimate of drug-likeness (QED) is 0.848. The van der Waals surface area contributed by atoms with Crippen molar-refractivity contribution in [3.8, 4) is 5.75 Å². The molecule has 1 aliphatic rings. The number of piperazine rings is 1. The van der Waals surface area contributed by atoms with E-state index in [0.717, 1.165) is 43.2 Å². The Morgan fingerprint density at radius 1 is 1.15 bits per heavy atom. The van der Waals surface area contributed by atoms with E-state index in [1.165, 1.54) is 6.07 Å². The van der Waals surface area contributed by atoms with E-state index in [4.69, 9.17) is 4.74 Å². The molecule has 2 aromatic carbocycles. The Balaban J connectivity index is 1.44. The molecule has 0 radical (unpaired) electrons. The zero-order valence-corrected chi connectivity index (χ0v) is 15.9. The van der Waals surface area contributed by atoms with Crippen molar-refractivity contribution in [2.24, 2.45) is 0 Å². The number of anilines is 1. The van der Waals surface area contributed by atoms with Gasteiger partial charge < -0.3 is 15.0 Å². The maximum Gasteiger partial charge on any atom is 0.234 e. The molecule has 6 heteroatoms. The molecule has 0 unspecified atom stereocenters. The molecule has 0 atom stereocenters. The molecule has 0 bridgehead atoms. The lowest BCUT2D eigenvalue weighted by Crippen LogP contribution is -2.49. The number of methoxy groups -OCH3 is 1. The number of benzene rings is 2. The standard InChI is InChI=1S/C21H26FN3O2/c1-16-6-7-17(12-20(16)22)14-23-21(26)15-24-8-10-25(11-9-24)18-4-3-5-19(13-18)27-2/h3-7,12-13H,8-11,14-15H2,1-2H3,(H,23,26). The van der Waals surface area contributed by atoms with Gasteiger partial charge in [0.05, 0.1) is 13.7 Å². The van der Waals surface area contributed by atoms with Gasteiger partial charge in [0.25, 0.3) is 0 Å². The first-order valence-electron chi connectivity index (χ1n) is 9.18. The molecule has 1 N–H and O–H groups in total. The molecule has 1 amide bonds. The van der Waals surface area contributed by atoms with Crippen molar-refractivity contribution in [2.45, 2.75) is 13.5 Å². The van der Waals surface area contributed by atoms with Crippen LogP contribution < -0.4 is 15.0 Å². The van der Waals surface area contributed by atoms with Crippen LogP contribution in [0, 0.1) is 12.7 Å². The van der Waals surface area contributed by atoms with Gasteiger partial charge in [0.2, 0.25) is 5.91 Å². The summed E-state index contributed by atoms with van der Waals surface area (Å²) in [5, 5.41) is 2.87. The van der Waals surface area contributed by atoms with Crippen molar-refractivity contribution in [1.29, 1.82) is 0 Å². The number of rotatable bonds is 6. The maximum atomic E-state index is 13.6. The number of carbonyl (C=O) groups excluding carboxylic acids is 1. The minimum absolute atomic E-state index is 0.0363. The van der Waals surface area contributed by atoms with E-state index >= 15 is 0 Å². The first-order chi connectivity index (χ1) is 13.0. The monoisotopic (exact) mass is 371 g/mol. The van der Waals surface area contributed by atoms with Gasteiger partial charge in [-0.15, -0.1) is 0 Å². The SMILES string of the molecule is COc1cccc(N2CCN(CC(=O)NCc3ccc(C)c(F)c3)CC2)c1. The molecule has 3 rings (SSSR count). The highest BCUT2D eigenvalue weighted by Gasteiger charge is 2.19. The summed E-state index contributed by atoms with van der Waals surface area (Å²) >= 11 is 0. The zero-order valence-electron chi connectivity index (χ0n) is 15.9. The number of amides is 1. The molecular formula is C21H26FN3O2. The second kappa shape index (κ2) is 8.86. The van der Waals surface area contributed by atoms with E-state index in [-0.39, 0.29) is 11.7 Å². The van der Waals surface area contributed by atoms with Gasteiger partial charge in [-0.2, -0.15) is 0 Å². The van der Waals surface area contributed by atoms with Crippen LogP contribution in [0.1, 0.15) is 11.1 Å². The first-order valence-corrected chi connectivity index (χ1v) is 9.18. The molecular weight excluding hydrogens is 345 g/mol. The second-order valence-electron chi connectivity index (χ2n) is 6.82. The van der Waals surface area contributed by atoms with E-state index in [9.17, 15) is 9.18 Å². The number of carbonyl (C=O) groups is 1. The van der Waals surface area contributed by atoms with Gasteiger partial charge in [-0.05, 0) is 36.2 Å². The molecule has 5 nitrogen and oxygen atoms in total. The van der Waals surface area contributed by atoms with Gasteiger partial charge in [0.1, 0.15) is 11.6 Å². The molecule has 0 aromatic heterocycles. The van der Waals surface area contributed by atoms with Crippen LogP contribution in [-0.2, 0) is 11.3 Å². The summed E-state index contributed by atoms with van der Waals surface area (Å²) in [5.74, 6) is 0.572. The molecule has 1 heterocycles. The molecule has 1 saturated heterocycles. The highest BCUT2D eigenvalue weighted by atomic mass is 19.1. The lowest BCUT2D eigenvalue weighted by molar-refractivity contribution is -0.122. The van der Waals surface area contributed by atoms with Crippen molar-refractivity contribution in [3.63, 3.8) is 0 Å². The number of aryl methyl sites for hydroxylation is 1. The van der Waals surface area contributed by atoms with Gasteiger partial charge in [0.15, 0.2) is 0 Å². The summed E-state index contributed by atoms with van der Waals surface area (Å²) in [7, 11) is 1.67. The fraction of sp³-hybridized carbons (Fsp3) is 0.381. The number of hydrogen-bond acceptors (Lipinski definition) is 4. The van der Waals surface area contributed by atoms with Crippen LogP contribution >= 0.6 is 0 Å². The van der Waals surface area contributed by atoms with Crippen LogP contribution in [0.25, 0.3) is 0 Å². The first kappa shape index (κ1) is 19.2. The van der Waals surface area contributed by atoms with E-state index < -0.39 is 0 Å². The number of nitrogens with zero attached hydrogens (tertiary/aromatic N) is 2. The summed E-state index contributed by atoms with van der Waals surface area (Å²) in [6.45, 7) is 5.81. The fourth-order valence-corrected chi connectivity index (χ4v) is 3.18. The Morgan fingerprint density at radius 2 is 1.93 bits per heavy atom. The van der Waals surface area contributed by atoms with Crippen LogP contribution in [0.5, 0.6) is 5.75 Å². The average Bonchev–Trinajstić information content (AvgIpc) is 2.69. The average molecular weight is 371 g/mol. The second-order valence-corrected chi connectivity index (χ2v) is 6.82. The summed E-state index contributed by atoms with van der Waals surface area (Å²) < 4.78 is 18.9. The van der Waals surface area contributed by atoms with E-state index in [2.05, 4.69) is 21.2 Å². The minimum atomic E-state index is -0.240. The molecule has 144 valence electrons.